The molecule has 0 amide bonds. The fourth-order valence-electron chi connectivity index (χ4n) is 0.938. The molecule has 0 bridgehead atoms. The summed E-state index contributed by atoms with van der Waals surface area (Å²) in [7, 11) is 5.32. The molecule has 0 saturated heterocycles. The number of aliphatic hydroxyl groups is 1. The van der Waals surface area contributed by atoms with E-state index in [2.05, 4.69) is 0 Å². The van der Waals surface area contributed by atoms with Gasteiger partial charge in [-0.1, -0.05) is 32.0 Å². The van der Waals surface area contributed by atoms with Crippen LogP contribution in [0.3, 0.4) is 0 Å². The van der Waals surface area contributed by atoms with Crippen LogP contribution in [0.1, 0.15) is 39.0 Å². The van der Waals surface area contributed by atoms with Gasteiger partial charge in [-0.3, -0.25) is 0 Å². The van der Waals surface area contributed by atoms with Crippen molar-refractivity contribution in [3.05, 3.63) is 0 Å². The Morgan fingerprint density at radius 1 is 1.20 bits per heavy atom. The summed E-state index contributed by atoms with van der Waals surface area (Å²) in [5.74, 6) is 0. The zero-order chi connectivity index (χ0) is 7.82. The lowest BCUT2D eigenvalue weighted by Gasteiger charge is -2.02. The Kier molecular flexibility index (Phi) is 7.15. The van der Waals surface area contributed by atoms with Crippen molar-refractivity contribution in [1.29, 1.82) is 0 Å². The predicted octanol–water partition coefficient (Wildman–Crippen LogP) is 1.90. The standard InChI is InChI=1S/C8H17BO/c1-8(10)6-4-2-3-5-7-9/h8,10H,2-7H2,1H3/t8-/m1/s1. The lowest BCUT2D eigenvalue weighted by atomic mass is 9.98. The minimum Gasteiger partial charge on any atom is -0.393 e. The van der Waals surface area contributed by atoms with Crippen molar-refractivity contribution in [2.24, 2.45) is 0 Å². The number of aliphatic hydroxyl groups excluding tert-OH is 1. The molecule has 1 atom stereocenters. The molecule has 0 rings (SSSR count). The van der Waals surface area contributed by atoms with Crippen molar-refractivity contribution >= 4 is 7.85 Å². The van der Waals surface area contributed by atoms with Crippen LogP contribution in [0.15, 0.2) is 0 Å². The fraction of sp³-hybridized carbons (Fsp3) is 1.00. The van der Waals surface area contributed by atoms with Crippen LogP contribution in [0.5, 0.6) is 0 Å². The maximum atomic E-state index is 8.88. The van der Waals surface area contributed by atoms with E-state index in [1.165, 1.54) is 12.8 Å². The summed E-state index contributed by atoms with van der Waals surface area (Å²) in [6, 6.07) is 0. The van der Waals surface area contributed by atoms with Crippen molar-refractivity contribution in [3.8, 4) is 0 Å². The Morgan fingerprint density at radius 2 is 1.80 bits per heavy atom. The summed E-state index contributed by atoms with van der Waals surface area (Å²) in [6.45, 7) is 1.84. The van der Waals surface area contributed by atoms with Crippen molar-refractivity contribution in [1.82, 2.24) is 0 Å². The highest BCUT2D eigenvalue weighted by Crippen LogP contribution is 2.06. The smallest absolute Gasteiger partial charge is 0.0653 e. The fourth-order valence-corrected chi connectivity index (χ4v) is 0.938. The van der Waals surface area contributed by atoms with E-state index in [1.807, 2.05) is 6.92 Å². The van der Waals surface area contributed by atoms with Crippen molar-refractivity contribution in [3.63, 3.8) is 0 Å². The van der Waals surface area contributed by atoms with Crippen LogP contribution in [0.4, 0.5) is 0 Å². The Balaban J connectivity index is 2.77. The van der Waals surface area contributed by atoms with E-state index in [4.69, 9.17) is 13.0 Å². The molecule has 58 valence electrons. The number of hydrogen-bond donors (Lipinski definition) is 1. The second-order valence-electron chi connectivity index (χ2n) is 2.84. The minimum absolute atomic E-state index is 0.127. The summed E-state index contributed by atoms with van der Waals surface area (Å²) in [5, 5.41) is 8.88. The first-order valence-electron chi connectivity index (χ1n) is 4.15. The van der Waals surface area contributed by atoms with Gasteiger partial charge >= 0.3 is 0 Å². The molecule has 0 saturated carbocycles. The third-order valence-electron chi connectivity index (χ3n) is 1.58. The van der Waals surface area contributed by atoms with Gasteiger partial charge in [0.15, 0.2) is 0 Å². The zero-order valence-corrected chi connectivity index (χ0v) is 6.84. The van der Waals surface area contributed by atoms with Crippen LogP contribution in [0.25, 0.3) is 0 Å². The predicted molar refractivity (Wildman–Crippen MR) is 45.3 cm³/mol. The summed E-state index contributed by atoms with van der Waals surface area (Å²) >= 11 is 0. The molecule has 0 aliphatic heterocycles. The van der Waals surface area contributed by atoms with E-state index < -0.39 is 0 Å². The Labute approximate surface area is 65.2 Å². The van der Waals surface area contributed by atoms with Crippen LogP contribution in [0.2, 0.25) is 6.32 Å². The summed E-state index contributed by atoms with van der Waals surface area (Å²) in [6.07, 6.45) is 6.29. The molecule has 1 nitrogen and oxygen atoms in total. The highest BCUT2D eigenvalue weighted by molar-refractivity contribution is 6.08. The molecule has 0 aromatic rings. The molecule has 1 N–H and O–H groups in total. The maximum Gasteiger partial charge on any atom is 0.0653 e. The molecular formula is C8H17BO. The van der Waals surface area contributed by atoms with E-state index >= 15 is 0 Å². The molecule has 0 aromatic heterocycles. The number of rotatable bonds is 6. The molecule has 0 aromatic carbocycles. The van der Waals surface area contributed by atoms with Gasteiger partial charge in [0.2, 0.25) is 0 Å². The Morgan fingerprint density at radius 3 is 2.30 bits per heavy atom. The van der Waals surface area contributed by atoms with E-state index in [0.29, 0.717) is 0 Å². The largest absolute Gasteiger partial charge is 0.393 e. The first-order valence-corrected chi connectivity index (χ1v) is 4.15. The van der Waals surface area contributed by atoms with Crippen molar-refractivity contribution in [2.75, 3.05) is 0 Å². The lowest BCUT2D eigenvalue weighted by molar-refractivity contribution is 0.180. The van der Waals surface area contributed by atoms with Gasteiger partial charge in [-0.25, -0.2) is 0 Å². The Hall–Kier alpha value is 0.0249. The minimum atomic E-state index is -0.127. The highest BCUT2D eigenvalue weighted by atomic mass is 16.3. The first kappa shape index (κ1) is 10.0. The van der Waals surface area contributed by atoms with Crippen molar-refractivity contribution in [2.45, 2.75) is 51.5 Å². The van der Waals surface area contributed by atoms with Gasteiger partial charge in [-0.05, 0) is 13.3 Å². The van der Waals surface area contributed by atoms with Crippen LogP contribution < -0.4 is 0 Å². The molecule has 0 unspecified atom stereocenters. The van der Waals surface area contributed by atoms with Gasteiger partial charge in [-0.15, -0.1) is 0 Å². The zero-order valence-electron chi connectivity index (χ0n) is 6.84. The van der Waals surface area contributed by atoms with E-state index in [9.17, 15) is 0 Å². The second-order valence-corrected chi connectivity index (χ2v) is 2.84. The average molecular weight is 140 g/mol. The molecular weight excluding hydrogens is 123 g/mol. The SMILES string of the molecule is [B]CCCCCC[C@@H](C)O. The van der Waals surface area contributed by atoms with E-state index in [-0.39, 0.29) is 6.10 Å². The van der Waals surface area contributed by atoms with Gasteiger partial charge in [0.1, 0.15) is 0 Å². The lowest BCUT2D eigenvalue weighted by Crippen LogP contribution is -1.97. The molecule has 0 spiro atoms. The maximum absolute atomic E-state index is 8.88. The van der Waals surface area contributed by atoms with Gasteiger partial charge in [0, 0.05) is 0 Å². The van der Waals surface area contributed by atoms with Crippen LogP contribution in [0, 0.1) is 0 Å². The van der Waals surface area contributed by atoms with Crippen molar-refractivity contribution < 1.29 is 5.11 Å². The van der Waals surface area contributed by atoms with Gasteiger partial charge < -0.3 is 5.11 Å². The normalized spacial score (nSPS) is 13.4. The quantitative estimate of drug-likeness (QED) is 0.441. The topological polar surface area (TPSA) is 20.2 Å². The molecule has 2 heteroatoms. The molecule has 0 fully saturated rings. The van der Waals surface area contributed by atoms with Crippen LogP contribution in [-0.4, -0.2) is 19.1 Å². The monoisotopic (exact) mass is 140 g/mol. The molecule has 2 radical (unpaired) electrons. The molecule has 0 aliphatic rings. The third kappa shape index (κ3) is 8.02. The second kappa shape index (κ2) is 7.14. The van der Waals surface area contributed by atoms with Gasteiger partial charge in [0.05, 0.1) is 14.0 Å². The van der Waals surface area contributed by atoms with Crippen LogP contribution >= 0.6 is 0 Å². The van der Waals surface area contributed by atoms with E-state index in [1.54, 1.807) is 0 Å². The average Bonchev–Trinajstić information content (AvgIpc) is 1.87. The number of unbranched alkanes of at least 4 members (excludes halogenated alkanes) is 3. The van der Waals surface area contributed by atoms with Crippen LogP contribution in [-0.2, 0) is 0 Å². The molecule has 0 heterocycles. The molecule has 0 aliphatic carbocycles. The highest BCUT2D eigenvalue weighted by Gasteiger charge is 1.93. The molecule has 10 heavy (non-hydrogen) atoms. The van der Waals surface area contributed by atoms with Gasteiger partial charge in [0.25, 0.3) is 0 Å². The van der Waals surface area contributed by atoms with Gasteiger partial charge in [-0.2, -0.15) is 0 Å². The summed E-state index contributed by atoms with van der Waals surface area (Å²) < 4.78 is 0. The first-order chi connectivity index (χ1) is 4.77. The third-order valence-corrected chi connectivity index (χ3v) is 1.58. The number of hydrogen-bond acceptors (Lipinski definition) is 1. The summed E-state index contributed by atoms with van der Waals surface area (Å²) in [5.41, 5.74) is 0. The summed E-state index contributed by atoms with van der Waals surface area (Å²) in [4.78, 5) is 0. The Bertz CT molecular complexity index is 64.3. The van der Waals surface area contributed by atoms with E-state index in [0.717, 1.165) is 25.6 Å².